The highest BCUT2D eigenvalue weighted by Gasteiger charge is 2.51. The first-order valence-corrected chi connectivity index (χ1v) is 14.0. The maximum absolute atomic E-state index is 13.9. The zero-order valence-corrected chi connectivity index (χ0v) is 23.0. The van der Waals surface area contributed by atoms with Crippen LogP contribution in [-0.2, 0) is 22.6 Å². The summed E-state index contributed by atoms with van der Waals surface area (Å²) in [6, 6.07) is 20.4. The quantitative estimate of drug-likeness (QED) is 0.383. The number of unbranched alkanes of at least 4 members (excludes halogenated alkanes) is 1. The van der Waals surface area contributed by atoms with E-state index in [2.05, 4.69) is 5.32 Å². The molecule has 0 bridgehead atoms. The molecule has 3 amide bonds. The summed E-state index contributed by atoms with van der Waals surface area (Å²) in [5, 5.41) is 6.04. The Balaban J connectivity index is 1.35. The van der Waals surface area contributed by atoms with E-state index in [4.69, 9.17) is 0 Å². The second-order valence-corrected chi connectivity index (χ2v) is 10.7. The minimum absolute atomic E-state index is 0.0150. The molecule has 0 spiro atoms. The summed E-state index contributed by atoms with van der Waals surface area (Å²) < 4.78 is 26.6. The van der Waals surface area contributed by atoms with Gasteiger partial charge >= 0.3 is 6.03 Å². The van der Waals surface area contributed by atoms with Gasteiger partial charge in [0.15, 0.2) is 5.78 Å². The number of carbonyl (C=O) groups is 3. The van der Waals surface area contributed by atoms with Crippen LogP contribution in [0.15, 0.2) is 78.9 Å². The molecule has 9 heteroatoms. The van der Waals surface area contributed by atoms with E-state index in [1.807, 2.05) is 30.3 Å². The van der Waals surface area contributed by atoms with Crippen molar-refractivity contribution < 1.29 is 23.2 Å². The zero-order valence-electron chi connectivity index (χ0n) is 23.0. The average molecular weight is 561 g/mol. The van der Waals surface area contributed by atoms with Crippen molar-refractivity contribution in [3.05, 3.63) is 107 Å². The van der Waals surface area contributed by atoms with Crippen molar-refractivity contribution in [2.45, 2.75) is 50.9 Å². The third-order valence-electron chi connectivity index (χ3n) is 7.93. The van der Waals surface area contributed by atoms with Crippen LogP contribution in [0.5, 0.6) is 0 Å². The van der Waals surface area contributed by atoms with Crippen molar-refractivity contribution in [2.75, 3.05) is 13.6 Å². The molecule has 2 aliphatic rings. The summed E-state index contributed by atoms with van der Waals surface area (Å²) in [5.74, 6) is -1.19. The smallest absolute Gasteiger partial charge is 0.333 e. The van der Waals surface area contributed by atoms with Crippen LogP contribution in [-0.4, -0.2) is 52.4 Å². The van der Waals surface area contributed by atoms with Crippen molar-refractivity contribution in [3.63, 3.8) is 0 Å². The Labute approximate surface area is 238 Å². The van der Waals surface area contributed by atoms with E-state index in [1.54, 1.807) is 46.2 Å². The third kappa shape index (κ3) is 6.46. The Morgan fingerprint density at radius 1 is 0.878 bits per heavy atom. The lowest BCUT2D eigenvalue weighted by Crippen LogP contribution is -2.70. The molecule has 3 aromatic rings. The minimum Gasteiger partial charge on any atom is -0.333 e. The molecule has 7 nitrogen and oxygen atoms in total. The summed E-state index contributed by atoms with van der Waals surface area (Å²) >= 11 is 0. The number of piperidine rings is 1. The molecule has 41 heavy (non-hydrogen) atoms. The number of hydrazine groups is 1. The van der Waals surface area contributed by atoms with Gasteiger partial charge in [-0.25, -0.2) is 23.6 Å². The number of Topliss-reactive ketones (excluding diaryl/α,β-unsaturated/α-hetero) is 1. The topological polar surface area (TPSA) is 73.0 Å². The van der Waals surface area contributed by atoms with Gasteiger partial charge in [0.25, 0.3) is 0 Å². The SMILES string of the molecule is CN1CC(=O)N2[C@@H](c3ccccc3)C(=O)C(CCCCc3ccc(F)cc3)C[C@@H]2N1C(=O)NCc1ccc(F)cc1. The molecule has 0 radical (unpaired) electrons. The van der Waals surface area contributed by atoms with Crippen LogP contribution in [0.25, 0.3) is 0 Å². The van der Waals surface area contributed by atoms with Crippen LogP contribution in [0.1, 0.15) is 48.4 Å². The monoisotopic (exact) mass is 560 g/mol. The number of fused-ring (bicyclic) bond motifs is 1. The lowest BCUT2D eigenvalue weighted by Gasteiger charge is -2.53. The Kier molecular flexibility index (Phi) is 8.73. The first kappa shape index (κ1) is 28.4. The lowest BCUT2D eigenvalue weighted by molar-refractivity contribution is -0.182. The molecule has 0 saturated carbocycles. The number of carbonyl (C=O) groups excluding carboxylic acids is 3. The molecule has 2 aliphatic heterocycles. The Morgan fingerprint density at radius 2 is 1.51 bits per heavy atom. The van der Waals surface area contributed by atoms with Gasteiger partial charge in [-0.2, -0.15) is 0 Å². The van der Waals surface area contributed by atoms with Crippen LogP contribution >= 0.6 is 0 Å². The van der Waals surface area contributed by atoms with Gasteiger partial charge in [-0.05, 0) is 66.6 Å². The fourth-order valence-electron chi connectivity index (χ4n) is 5.87. The van der Waals surface area contributed by atoms with Crippen LogP contribution in [0.2, 0.25) is 0 Å². The van der Waals surface area contributed by atoms with E-state index in [0.29, 0.717) is 12.8 Å². The highest BCUT2D eigenvalue weighted by molar-refractivity contribution is 5.94. The van der Waals surface area contributed by atoms with Crippen LogP contribution in [0.3, 0.4) is 0 Å². The van der Waals surface area contributed by atoms with Crippen LogP contribution in [0.4, 0.5) is 13.6 Å². The number of hydrogen-bond donors (Lipinski definition) is 1. The van der Waals surface area contributed by atoms with Crippen molar-refractivity contribution in [3.8, 4) is 0 Å². The molecule has 3 aromatic carbocycles. The second-order valence-electron chi connectivity index (χ2n) is 10.7. The summed E-state index contributed by atoms with van der Waals surface area (Å²) in [6.07, 6.45) is 2.70. The zero-order chi connectivity index (χ0) is 28.9. The summed E-state index contributed by atoms with van der Waals surface area (Å²) in [4.78, 5) is 42.4. The van der Waals surface area contributed by atoms with Crippen molar-refractivity contribution in [1.82, 2.24) is 20.2 Å². The van der Waals surface area contributed by atoms with Crippen LogP contribution in [0, 0.1) is 17.6 Å². The predicted octanol–water partition coefficient (Wildman–Crippen LogP) is 5.23. The van der Waals surface area contributed by atoms with Gasteiger partial charge in [-0.1, -0.05) is 61.0 Å². The number of nitrogens with one attached hydrogen (secondary N) is 1. The summed E-state index contributed by atoms with van der Waals surface area (Å²) in [5.41, 5.74) is 2.51. The number of halogens is 2. The highest BCUT2D eigenvalue weighted by Crippen LogP contribution is 2.40. The first-order chi connectivity index (χ1) is 19.8. The number of likely N-dealkylation sites (N-methyl/N-ethyl adjacent to an activating group) is 1. The normalized spacial score (nSPS) is 21.1. The summed E-state index contributed by atoms with van der Waals surface area (Å²) in [7, 11) is 1.69. The fourth-order valence-corrected chi connectivity index (χ4v) is 5.87. The van der Waals surface area contributed by atoms with Crippen molar-refractivity contribution in [1.29, 1.82) is 0 Å². The molecule has 0 aliphatic carbocycles. The van der Waals surface area contributed by atoms with Gasteiger partial charge in [-0.3, -0.25) is 9.59 Å². The number of aryl methyl sites for hydroxylation is 1. The van der Waals surface area contributed by atoms with Crippen molar-refractivity contribution >= 4 is 17.7 Å². The summed E-state index contributed by atoms with van der Waals surface area (Å²) in [6.45, 7) is 0.150. The minimum atomic E-state index is -0.786. The molecule has 2 heterocycles. The number of benzene rings is 3. The number of rotatable bonds is 8. The van der Waals surface area contributed by atoms with E-state index >= 15 is 0 Å². The van der Waals surface area contributed by atoms with Gasteiger partial charge in [0.1, 0.15) is 23.8 Å². The first-order valence-electron chi connectivity index (χ1n) is 14.0. The average Bonchev–Trinajstić information content (AvgIpc) is 2.97. The molecule has 214 valence electrons. The highest BCUT2D eigenvalue weighted by atomic mass is 19.1. The van der Waals surface area contributed by atoms with Gasteiger partial charge in [0.05, 0.1) is 6.54 Å². The van der Waals surface area contributed by atoms with E-state index < -0.39 is 18.2 Å². The molecule has 2 fully saturated rings. The molecular weight excluding hydrogens is 526 g/mol. The van der Waals surface area contributed by atoms with Gasteiger partial charge in [0.2, 0.25) is 5.91 Å². The molecule has 5 rings (SSSR count). The van der Waals surface area contributed by atoms with E-state index in [9.17, 15) is 23.2 Å². The van der Waals surface area contributed by atoms with E-state index in [1.165, 1.54) is 24.3 Å². The van der Waals surface area contributed by atoms with Crippen molar-refractivity contribution in [2.24, 2.45) is 5.92 Å². The van der Waals surface area contributed by atoms with Gasteiger partial charge in [0, 0.05) is 19.5 Å². The van der Waals surface area contributed by atoms with Gasteiger partial charge < -0.3 is 10.2 Å². The predicted molar refractivity (Wildman–Crippen MR) is 150 cm³/mol. The second kappa shape index (κ2) is 12.6. The van der Waals surface area contributed by atoms with Crippen LogP contribution < -0.4 is 5.32 Å². The number of ketones is 1. The number of amides is 3. The number of urea groups is 1. The number of hydrogen-bond acceptors (Lipinski definition) is 4. The Morgan fingerprint density at radius 3 is 2.17 bits per heavy atom. The largest absolute Gasteiger partial charge is 0.334 e. The Hall–Kier alpha value is -4.11. The van der Waals surface area contributed by atoms with E-state index in [-0.39, 0.29) is 42.3 Å². The third-order valence-corrected chi connectivity index (χ3v) is 7.93. The van der Waals surface area contributed by atoms with E-state index in [0.717, 1.165) is 36.0 Å². The maximum atomic E-state index is 13.9. The number of nitrogens with zero attached hydrogens (tertiary/aromatic N) is 3. The molecule has 0 aromatic heterocycles. The standard InChI is InChI=1S/C32H34F2N4O3/c1-36-21-29(39)37-28(38(36)32(41)35-20-23-13-17-27(34)18-14-23)19-25(31(40)30(37)24-8-3-2-4-9-24)10-6-5-7-22-11-15-26(33)16-12-22/h2-4,8-9,11-18,25,28,30H,5-7,10,19-21H2,1H3,(H,35,41)/t25?,28-,30-/m0/s1. The molecule has 1 N–H and O–H groups in total. The lowest BCUT2D eigenvalue weighted by atomic mass is 9.80. The molecule has 2 saturated heterocycles. The maximum Gasteiger partial charge on any atom is 0.334 e. The Bertz CT molecular complexity index is 1370. The van der Waals surface area contributed by atoms with Gasteiger partial charge in [-0.15, -0.1) is 0 Å². The molecule has 1 unspecified atom stereocenters. The molecular formula is C32H34F2N4O3. The fraction of sp³-hybridized carbons (Fsp3) is 0.344. The molecule has 3 atom stereocenters.